The first-order valence-corrected chi connectivity index (χ1v) is 5.52. The van der Waals surface area contributed by atoms with Gasteiger partial charge in [-0.05, 0) is 42.1 Å². The fraction of sp³-hybridized carbons (Fsp3) is 0.385. The van der Waals surface area contributed by atoms with Crippen molar-refractivity contribution >= 4 is 10.9 Å². The van der Waals surface area contributed by atoms with Crippen molar-refractivity contribution in [3.63, 3.8) is 0 Å². The zero-order valence-electron chi connectivity index (χ0n) is 9.38. The number of aromatic nitrogens is 1. The van der Waals surface area contributed by atoms with Gasteiger partial charge < -0.3 is 10.7 Å². The van der Waals surface area contributed by atoms with Crippen LogP contribution in [0.15, 0.2) is 24.4 Å². The summed E-state index contributed by atoms with van der Waals surface area (Å²) in [6.45, 7) is 5.14. The van der Waals surface area contributed by atoms with Crippen LogP contribution in [0.3, 0.4) is 0 Å². The maximum atomic E-state index is 5.59. The Morgan fingerprint density at radius 1 is 1.33 bits per heavy atom. The molecule has 1 aromatic carbocycles. The third-order valence-electron chi connectivity index (χ3n) is 2.87. The normalized spacial score (nSPS) is 11.5. The number of nitrogens with two attached hydrogens (primary N) is 1. The van der Waals surface area contributed by atoms with E-state index in [0.29, 0.717) is 12.5 Å². The molecule has 80 valence electrons. The summed E-state index contributed by atoms with van der Waals surface area (Å²) in [4.78, 5) is 3.28. The second kappa shape index (κ2) is 4.07. The molecule has 3 N–H and O–H groups in total. The monoisotopic (exact) mass is 202 g/mol. The molecule has 0 aliphatic rings. The standard InChI is InChI=1S/C13H18N2/c1-9(2)10-3-4-13-12(7-10)11(5-6-14)8-15-13/h3-4,7-9,15H,5-6,14H2,1-2H3. The fourth-order valence-electron chi connectivity index (χ4n) is 1.92. The van der Waals surface area contributed by atoms with Crippen molar-refractivity contribution in [2.75, 3.05) is 6.54 Å². The molecule has 0 aliphatic heterocycles. The van der Waals surface area contributed by atoms with Crippen LogP contribution in [0.5, 0.6) is 0 Å². The van der Waals surface area contributed by atoms with Crippen LogP contribution in [0.1, 0.15) is 30.9 Å². The topological polar surface area (TPSA) is 41.8 Å². The molecule has 0 unspecified atom stereocenters. The van der Waals surface area contributed by atoms with E-state index in [1.807, 2.05) is 0 Å². The third-order valence-corrected chi connectivity index (χ3v) is 2.87. The summed E-state index contributed by atoms with van der Waals surface area (Å²) < 4.78 is 0. The first kappa shape index (κ1) is 10.2. The molecule has 0 saturated heterocycles. The second-order valence-corrected chi connectivity index (χ2v) is 4.31. The minimum absolute atomic E-state index is 0.579. The van der Waals surface area contributed by atoms with E-state index in [0.717, 1.165) is 6.42 Å². The first-order valence-electron chi connectivity index (χ1n) is 5.52. The zero-order valence-corrected chi connectivity index (χ0v) is 9.38. The zero-order chi connectivity index (χ0) is 10.8. The molecule has 2 nitrogen and oxygen atoms in total. The van der Waals surface area contributed by atoms with Gasteiger partial charge >= 0.3 is 0 Å². The van der Waals surface area contributed by atoms with Crippen LogP contribution in [0.2, 0.25) is 0 Å². The number of nitrogens with one attached hydrogen (secondary N) is 1. The van der Waals surface area contributed by atoms with Crippen molar-refractivity contribution < 1.29 is 0 Å². The number of hydrogen-bond acceptors (Lipinski definition) is 1. The maximum absolute atomic E-state index is 5.59. The van der Waals surface area contributed by atoms with E-state index < -0.39 is 0 Å². The summed E-state index contributed by atoms with van der Waals surface area (Å²) in [7, 11) is 0. The molecule has 2 rings (SSSR count). The summed E-state index contributed by atoms with van der Waals surface area (Å²) in [6.07, 6.45) is 3.02. The minimum atomic E-state index is 0.579. The van der Waals surface area contributed by atoms with Crippen molar-refractivity contribution in [2.24, 2.45) is 5.73 Å². The van der Waals surface area contributed by atoms with Crippen molar-refractivity contribution in [1.82, 2.24) is 4.98 Å². The lowest BCUT2D eigenvalue weighted by molar-refractivity contribution is 0.868. The summed E-state index contributed by atoms with van der Waals surface area (Å²) in [5.74, 6) is 0.579. The van der Waals surface area contributed by atoms with E-state index in [1.54, 1.807) is 0 Å². The SMILES string of the molecule is CC(C)c1ccc2[nH]cc(CCN)c2c1. The van der Waals surface area contributed by atoms with Gasteiger partial charge in [0.05, 0.1) is 0 Å². The molecule has 1 heterocycles. The van der Waals surface area contributed by atoms with Crippen LogP contribution in [-0.2, 0) is 6.42 Å². The fourth-order valence-corrected chi connectivity index (χ4v) is 1.92. The predicted molar refractivity (Wildman–Crippen MR) is 65.1 cm³/mol. The Bertz CT molecular complexity index is 455. The predicted octanol–water partition coefficient (Wildman–Crippen LogP) is 2.79. The molecule has 0 aliphatic carbocycles. The molecular formula is C13H18N2. The van der Waals surface area contributed by atoms with Crippen LogP contribution in [0.25, 0.3) is 10.9 Å². The van der Waals surface area contributed by atoms with Gasteiger partial charge in [0.2, 0.25) is 0 Å². The Morgan fingerprint density at radius 2 is 2.13 bits per heavy atom. The van der Waals surface area contributed by atoms with Gasteiger partial charge in [-0.15, -0.1) is 0 Å². The molecular weight excluding hydrogens is 184 g/mol. The van der Waals surface area contributed by atoms with Crippen LogP contribution in [0, 0.1) is 0 Å². The molecule has 1 aromatic heterocycles. The summed E-state index contributed by atoms with van der Waals surface area (Å²) in [5, 5.41) is 1.33. The Morgan fingerprint density at radius 3 is 2.80 bits per heavy atom. The quantitative estimate of drug-likeness (QED) is 0.789. The molecule has 0 amide bonds. The number of fused-ring (bicyclic) bond motifs is 1. The number of aromatic amines is 1. The lowest BCUT2D eigenvalue weighted by Crippen LogP contribution is -2.01. The van der Waals surface area contributed by atoms with Gasteiger partial charge in [-0.25, -0.2) is 0 Å². The van der Waals surface area contributed by atoms with Crippen molar-refractivity contribution in [1.29, 1.82) is 0 Å². The van der Waals surface area contributed by atoms with Crippen molar-refractivity contribution in [3.05, 3.63) is 35.5 Å². The van der Waals surface area contributed by atoms with E-state index >= 15 is 0 Å². The Balaban J connectivity index is 2.51. The summed E-state index contributed by atoms with van der Waals surface area (Å²) in [6, 6.07) is 6.63. The highest BCUT2D eigenvalue weighted by Gasteiger charge is 2.05. The number of benzene rings is 1. The van der Waals surface area contributed by atoms with Crippen molar-refractivity contribution in [2.45, 2.75) is 26.2 Å². The van der Waals surface area contributed by atoms with Crippen LogP contribution >= 0.6 is 0 Å². The Kier molecular flexibility index (Phi) is 2.78. The van der Waals surface area contributed by atoms with Crippen LogP contribution in [0.4, 0.5) is 0 Å². The lowest BCUT2D eigenvalue weighted by atomic mass is 10.00. The molecule has 0 atom stereocenters. The van der Waals surface area contributed by atoms with Crippen LogP contribution < -0.4 is 5.73 Å². The van der Waals surface area contributed by atoms with Gasteiger partial charge in [-0.2, -0.15) is 0 Å². The van der Waals surface area contributed by atoms with Gasteiger partial charge in [0.25, 0.3) is 0 Å². The highest BCUT2D eigenvalue weighted by molar-refractivity contribution is 5.84. The third kappa shape index (κ3) is 1.90. The Labute approximate surface area is 90.5 Å². The molecule has 15 heavy (non-hydrogen) atoms. The molecule has 2 heteroatoms. The highest BCUT2D eigenvalue weighted by Crippen LogP contribution is 2.23. The van der Waals surface area contributed by atoms with Gasteiger partial charge in [-0.3, -0.25) is 0 Å². The minimum Gasteiger partial charge on any atom is -0.361 e. The molecule has 0 fully saturated rings. The highest BCUT2D eigenvalue weighted by atomic mass is 14.7. The molecule has 0 saturated carbocycles. The van der Waals surface area contributed by atoms with E-state index in [4.69, 9.17) is 5.73 Å². The molecule has 0 bridgehead atoms. The van der Waals surface area contributed by atoms with Gasteiger partial charge in [0.15, 0.2) is 0 Å². The maximum Gasteiger partial charge on any atom is 0.0456 e. The molecule has 2 aromatic rings. The van der Waals surface area contributed by atoms with E-state index in [9.17, 15) is 0 Å². The molecule has 0 radical (unpaired) electrons. The summed E-state index contributed by atoms with van der Waals surface area (Å²) in [5.41, 5.74) is 9.52. The Hall–Kier alpha value is -1.28. The smallest absolute Gasteiger partial charge is 0.0456 e. The van der Waals surface area contributed by atoms with Gasteiger partial charge in [-0.1, -0.05) is 19.9 Å². The number of H-pyrrole nitrogens is 1. The average molecular weight is 202 g/mol. The van der Waals surface area contributed by atoms with Crippen LogP contribution in [-0.4, -0.2) is 11.5 Å². The van der Waals surface area contributed by atoms with Crippen molar-refractivity contribution in [3.8, 4) is 0 Å². The lowest BCUT2D eigenvalue weighted by Gasteiger charge is -2.05. The molecule has 0 spiro atoms. The average Bonchev–Trinajstić information content (AvgIpc) is 2.61. The second-order valence-electron chi connectivity index (χ2n) is 4.31. The van der Waals surface area contributed by atoms with E-state index in [1.165, 1.54) is 22.0 Å². The largest absolute Gasteiger partial charge is 0.361 e. The van der Waals surface area contributed by atoms with E-state index in [-0.39, 0.29) is 0 Å². The first-order chi connectivity index (χ1) is 7.22. The van der Waals surface area contributed by atoms with E-state index in [2.05, 4.69) is 43.2 Å². The number of rotatable bonds is 3. The summed E-state index contributed by atoms with van der Waals surface area (Å²) >= 11 is 0. The number of hydrogen-bond donors (Lipinski definition) is 2. The van der Waals surface area contributed by atoms with Gasteiger partial charge in [0, 0.05) is 17.1 Å². The van der Waals surface area contributed by atoms with Gasteiger partial charge in [0.1, 0.15) is 0 Å².